The number of ether oxygens (including phenoxy) is 8. The lowest BCUT2D eigenvalue weighted by Crippen LogP contribution is -2.20. The number of hydrogen-bond acceptors (Lipinski definition) is 10. The molecule has 226 valence electrons. The largest absolute Gasteiger partial charge is 0.463 e. The molecule has 0 rings (SSSR count). The zero-order valence-electron chi connectivity index (χ0n) is 24.2. The summed E-state index contributed by atoms with van der Waals surface area (Å²) in [7, 11) is 0. The summed E-state index contributed by atoms with van der Waals surface area (Å²) >= 11 is 0. The van der Waals surface area contributed by atoms with E-state index < -0.39 is 0 Å². The van der Waals surface area contributed by atoms with Crippen molar-refractivity contribution in [3.63, 3.8) is 0 Å². The summed E-state index contributed by atoms with van der Waals surface area (Å²) in [6.07, 6.45) is 7.33. The van der Waals surface area contributed by atoms with Crippen LogP contribution >= 0.6 is 0 Å². The number of carbonyl (C=O) groups excluding carboxylic acids is 2. The molecule has 0 fully saturated rings. The summed E-state index contributed by atoms with van der Waals surface area (Å²) in [6, 6.07) is 0. The van der Waals surface area contributed by atoms with Crippen LogP contribution in [0.3, 0.4) is 0 Å². The molecule has 10 nitrogen and oxygen atoms in total. The van der Waals surface area contributed by atoms with Crippen LogP contribution in [0.25, 0.3) is 0 Å². The van der Waals surface area contributed by atoms with E-state index in [1.54, 1.807) is 0 Å². The van der Waals surface area contributed by atoms with Gasteiger partial charge >= 0.3 is 11.9 Å². The van der Waals surface area contributed by atoms with E-state index in [0.717, 1.165) is 44.9 Å². The van der Waals surface area contributed by atoms with E-state index >= 15 is 0 Å². The second kappa shape index (κ2) is 30.2. The highest BCUT2D eigenvalue weighted by molar-refractivity contribution is 5.72. The zero-order valence-corrected chi connectivity index (χ0v) is 24.2. The molecule has 0 bridgehead atoms. The number of rotatable bonds is 30. The van der Waals surface area contributed by atoms with E-state index in [-0.39, 0.29) is 31.1 Å². The highest BCUT2D eigenvalue weighted by Gasteiger charge is 2.16. The molecule has 1 unspecified atom stereocenters. The van der Waals surface area contributed by atoms with Crippen LogP contribution in [-0.2, 0) is 47.5 Å². The van der Waals surface area contributed by atoms with E-state index in [9.17, 15) is 9.59 Å². The molecule has 0 aromatic carbocycles. The number of carbonyl (C=O) groups is 2. The topological polar surface area (TPSA) is 108 Å². The van der Waals surface area contributed by atoms with Gasteiger partial charge in [-0.3, -0.25) is 9.59 Å². The fourth-order valence-electron chi connectivity index (χ4n) is 3.27. The average Bonchev–Trinajstić information content (AvgIpc) is 2.92. The molecule has 0 aliphatic heterocycles. The molecule has 0 aromatic heterocycles. The van der Waals surface area contributed by atoms with Crippen molar-refractivity contribution < 1.29 is 47.5 Å². The van der Waals surface area contributed by atoms with Gasteiger partial charge in [-0.15, -0.1) is 0 Å². The lowest BCUT2D eigenvalue weighted by Gasteiger charge is -2.13. The van der Waals surface area contributed by atoms with Crippen molar-refractivity contribution in [2.45, 2.75) is 72.1 Å². The van der Waals surface area contributed by atoms with Crippen molar-refractivity contribution in [2.24, 2.45) is 5.92 Å². The standard InChI is InChI=1S/C28H54O10/c1-4-7-9-11-27(29)37-24-22-35-20-18-33-16-14-31-12-13-32-15-17-34-19-21-36-23-25-38-28(30)26(6-3)10-8-5-2/h26H,4-25H2,1-3H3. The van der Waals surface area contributed by atoms with Crippen molar-refractivity contribution in [1.29, 1.82) is 0 Å². The number of unbranched alkanes of at least 4 members (excludes halogenated alkanes) is 3. The minimum absolute atomic E-state index is 0.00163. The molecule has 0 aromatic rings. The predicted molar refractivity (Wildman–Crippen MR) is 144 cm³/mol. The SMILES string of the molecule is CCCCCC(=O)OCCOCCOCCOCCOCCOCCOCCOC(=O)C(CC)CCCC. The van der Waals surface area contributed by atoms with Gasteiger partial charge in [0.2, 0.25) is 0 Å². The van der Waals surface area contributed by atoms with Gasteiger partial charge in [0.1, 0.15) is 13.2 Å². The molecule has 1 atom stereocenters. The van der Waals surface area contributed by atoms with Crippen LogP contribution in [0.1, 0.15) is 72.1 Å². The fourth-order valence-corrected chi connectivity index (χ4v) is 3.27. The molecule has 0 aliphatic carbocycles. The Morgan fingerprint density at radius 2 is 0.895 bits per heavy atom. The molecule has 0 radical (unpaired) electrons. The Bertz CT molecular complexity index is 518. The Morgan fingerprint density at radius 1 is 0.500 bits per heavy atom. The smallest absolute Gasteiger partial charge is 0.308 e. The molecule has 0 N–H and O–H groups in total. The molecule has 0 saturated heterocycles. The minimum atomic E-state index is -0.160. The molecule has 0 saturated carbocycles. The zero-order chi connectivity index (χ0) is 27.9. The minimum Gasteiger partial charge on any atom is -0.463 e. The predicted octanol–water partition coefficient (Wildman–Crippen LogP) is 3.97. The molecule has 0 heterocycles. The Morgan fingerprint density at radius 3 is 1.29 bits per heavy atom. The maximum atomic E-state index is 12.0. The normalized spacial score (nSPS) is 12.0. The van der Waals surface area contributed by atoms with Crippen molar-refractivity contribution in [3.05, 3.63) is 0 Å². The third kappa shape index (κ3) is 26.3. The maximum Gasteiger partial charge on any atom is 0.308 e. The summed E-state index contributed by atoms with van der Waals surface area (Å²) in [5, 5.41) is 0. The second-order valence-electron chi connectivity index (χ2n) is 8.77. The first kappa shape index (κ1) is 36.7. The lowest BCUT2D eigenvalue weighted by molar-refractivity contribution is -0.150. The second-order valence-corrected chi connectivity index (χ2v) is 8.77. The van der Waals surface area contributed by atoms with Gasteiger partial charge < -0.3 is 37.9 Å². The van der Waals surface area contributed by atoms with Crippen LogP contribution in [0.15, 0.2) is 0 Å². The third-order valence-electron chi connectivity index (χ3n) is 5.54. The highest BCUT2D eigenvalue weighted by Crippen LogP contribution is 2.14. The molecule has 0 amide bonds. The molecule has 10 heteroatoms. The van der Waals surface area contributed by atoms with Gasteiger partial charge in [0.25, 0.3) is 0 Å². The van der Waals surface area contributed by atoms with Crippen LogP contribution in [0.2, 0.25) is 0 Å². The van der Waals surface area contributed by atoms with Crippen LogP contribution in [0, 0.1) is 5.92 Å². The Kier molecular flexibility index (Phi) is 29.2. The first-order chi connectivity index (χ1) is 18.7. The molecular formula is C28H54O10. The van der Waals surface area contributed by atoms with Crippen molar-refractivity contribution >= 4 is 11.9 Å². The van der Waals surface area contributed by atoms with Crippen molar-refractivity contribution in [2.75, 3.05) is 92.5 Å². The van der Waals surface area contributed by atoms with Gasteiger partial charge in [0, 0.05) is 6.42 Å². The number of hydrogen-bond donors (Lipinski definition) is 0. The van der Waals surface area contributed by atoms with Gasteiger partial charge in [0.15, 0.2) is 0 Å². The Hall–Kier alpha value is -1.30. The summed E-state index contributed by atoms with van der Waals surface area (Å²) in [4.78, 5) is 23.4. The van der Waals surface area contributed by atoms with Crippen LogP contribution in [0.4, 0.5) is 0 Å². The van der Waals surface area contributed by atoms with Crippen molar-refractivity contribution in [3.8, 4) is 0 Å². The quantitative estimate of drug-likeness (QED) is 0.0963. The van der Waals surface area contributed by atoms with Gasteiger partial charge in [-0.2, -0.15) is 0 Å². The van der Waals surface area contributed by atoms with Gasteiger partial charge in [-0.25, -0.2) is 0 Å². The summed E-state index contributed by atoms with van der Waals surface area (Å²) in [5.41, 5.74) is 0. The van der Waals surface area contributed by atoms with Gasteiger partial charge in [-0.05, 0) is 19.3 Å². The maximum absolute atomic E-state index is 12.0. The van der Waals surface area contributed by atoms with E-state index in [1.807, 2.05) is 6.92 Å². The van der Waals surface area contributed by atoms with Crippen LogP contribution in [0.5, 0.6) is 0 Å². The fraction of sp³-hybridized carbons (Fsp3) is 0.929. The first-order valence-corrected chi connectivity index (χ1v) is 14.4. The average molecular weight is 551 g/mol. The monoisotopic (exact) mass is 550 g/mol. The van der Waals surface area contributed by atoms with Crippen LogP contribution in [-0.4, -0.2) is 104 Å². The summed E-state index contributed by atoms with van der Waals surface area (Å²) < 4.78 is 42.9. The molecular weight excluding hydrogens is 496 g/mol. The lowest BCUT2D eigenvalue weighted by atomic mass is 10.00. The van der Waals surface area contributed by atoms with E-state index in [1.165, 1.54) is 0 Å². The first-order valence-electron chi connectivity index (χ1n) is 14.4. The van der Waals surface area contributed by atoms with E-state index in [4.69, 9.17) is 37.9 Å². The number of esters is 2. The van der Waals surface area contributed by atoms with Gasteiger partial charge in [-0.1, -0.05) is 46.5 Å². The molecule has 0 aliphatic rings. The van der Waals surface area contributed by atoms with Crippen LogP contribution < -0.4 is 0 Å². The highest BCUT2D eigenvalue weighted by atomic mass is 16.6. The van der Waals surface area contributed by atoms with Crippen molar-refractivity contribution in [1.82, 2.24) is 0 Å². The third-order valence-corrected chi connectivity index (χ3v) is 5.54. The molecule has 0 spiro atoms. The Labute approximate surface area is 230 Å². The van der Waals surface area contributed by atoms with E-state index in [0.29, 0.717) is 85.7 Å². The molecule has 38 heavy (non-hydrogen) atoms. The van der Waals surface area contributed by atoms with Gasteiger partial charge in [0.05, 0.1) is 85.2 Å². The Balaban J connectivity index is 3.22. The summed E-state index contributed by atoms with van der Waals surface area (Å²) in [5.74, 6) is -0.282. The van der Waals surface area contributed by atoms with E-state index in [2.05, 4.69) is 13.8 Å². The summed E-state index contributed by atoms with van der Waals surface area (Å²) in [6.45, 7) is 12.3.